The van der Waals surface area contributed by atoms with Crippen LogP contribution in [0.3, 0.4) is 0 Å². The van der Waals surface area contributed by atoms with E-state index in [2.05, 4.69) is 10.3 Å². The molecule has 176 valence electrons. The quantitative estimate of drug-likeness (QED) is 0.618. The highest BCUT2D eigenvalue weighted by Crippen LogP contribution is 2.54. The molecule has 1 aliphatic heterocycles. The maximum atomic E-state index is 12.6. The van der Waals surface area contributed by atoms with Crippen molar-refractivity contribution in [2.75, 3.05) is 32.7 Å². The van der Waals surface area contributed by atoms with Crippen LogP contribution in [0.5, 0.6) is 0 Å². The first kappa shape index (κ1) is 24.2. The second-order valence-electron chi connectivity index (χ2n) is 8.71. The second kappa shape index (κ2) is 10.0. The summed E-state index contributed by atoms with van der Waals surface area (Å²) in [5.74, 6) is -0.0874. The molecule has 3 N–H and O–H groups in total. The molecule has 1 saturated heterocycles. The highest BCUT2D eigenvalue weighted by atomic mass is 32.3. The van der Waals surface area contributed by atoms with Crippen LogP contribution in [0, 0.1) is 0 Å². The van der Waals surface area contributed by atoms with Gasteiger partial charge in [-0.1, -0.05) is 12.1 Å². The van der Waals surface area contributed by atoms with Crippen LogP contribution < -0.4 is 5.32 Å². The van der Waals surface area contributed by atoms with Gasteiger partial charge in [0.2, 0.25) is 5.91 Å². The maximum Gasteiger partial charge on any atom is 0.407 e. The predicted octanol–water partition coefficient (Wildman–Crippen LogP) is 3.71. The summed E-state index contributed by atoms with van der Waals surface area (Å²) in [6, 6.07) is 7.19. The maximum absolute atomic E-state index is 12.6. The van der Waals surface area contributed by atoms with Crippen LogP contribution in [0.1, 0.15) is 33.6 Å². The lowest BCUT2D eigenvalue weighted by Crippen LogP contribution is -2.38. The van der Waals surface area contributed by atoms with E-state index in [0.29, 0.717) is 37.5 Å². The van der Waals surface area contributed by atoms with Crippen molar-refractivity contribution in [1.82, 2.24) is 19.5 Å². The van der Waals surface area contributed by atoms with E-state index in [1.54, 1.807) is 60.6 Å². The monoisotopic (exact) mass is 464 g/mol. The summed E-state index contributed by atoms with van der Waals surface area (Å²) in [5.41, 5.74) is -0.591. The standard InChI is InChI=1S/C22H32N4O5S/c1-22(2,3)31-21(28)24-11-9-20(27)25-12-5-13-26(15-14-25)32(29,30)19-7-4-6-17-16-23-10-8-18(17)19/h4,6-8,10,16,29-30H,5,9,11-15H2,1-3H3,(H,24,28). The molecule has 9 nitrogen and oxygen atoms in total. The first-order chi connectivity index (χ1) is 15.1. The molecule has 0 radical (unpaired) electrons. The van der Waals surface area contributed by atoms with Crippen molar-refractivity contribution in [2.45, 2.75) is 44.1 Å². The first-order valence-corrected chi connectivity index (χ1v) is 12.2. The van der Waals surface area contributed by atoms with Crippen LogP contribution in [-0.2, 0) is 9.53 Å². The zero-order valence-corrected chi connectivity index (χ0v) is 19.6. The molecule has 1 fully saturated rings. The minimum atomic E-state index is -3.21. The van der Waals surface area contributed by atoms with Gasteiger partial charge in [0.1, 0.15) is 5.60 Å². The van der Waals surface area contributed by atoms with Gasteiger partial charge < -0.3 is 15.0 Å². The molecule has 1 aliphatic rings. The van der Waals surface area contributed by atoms with Gasteiger partial charge in [-0.25, -0.2) is 9.10 Å². The van der Waals surface area contributed by atoms with Gasteiger partial charge in [-0.15, -0.1) is 10.8 Å². The number of ether oxygens (including phenoxy) is 1. The number of rotatable bonds is 5. The number of aromatic nitrogens is 1. The highest BCUT2D eigenvalue weighted by molar-refractivity contribution is 8.22. The Kier molecular flexibility index (Phi) is 7.60. The zero-order valence-electron chi connectivity index (χ0n) is 18.8. The molecule has 1 aromatic heterocycles. The van der Waals surface area contributed by atoms with Crippen molar-refractivity contribution in [3.8, 4) is 0 Å². The number of pyridine rings is 1. The van der Waals surface area contributed by atoms with Crippen LogP contribution in [0.15, 0.2) is 41.6 Å². The fourth-order valence-corrected chi connectivity index (χ4v) is 5.35. The molecule has 0 aliphatic carbocycles. The summed E-state index contributed by atoms with van der Waals surface area (Å²) in [6.07, 6.45) is 3.56. The number of hydrogen-bond donors (Lipinski definition) is 3. The van der Waals surface area contributed by atoms with E-state index in [1.165, 1.54) is 0 Å². The van der Waals surface area contributed by atoms with Gasteiger partial charge in [-0.05, 0) is 39.3 Å². The molecule has 0 atom stereocenters. The van der Waals surface area contributed by atoms with Crippen molar-refractivity contribution in [2.24, 2.45) is 0 Å². The van der Waals surface area contributed by atoms with Gasteiger partial charge >= 0.3 is 6.09 Å². The lowest BCUT2D eigenvalue weighted by molar-refractivity contribution is -0.130. The van der Waals surface area contributed by atoms with E-state index in [1.807, 2.05) is 6.07 Å². The largest absolute Gasteiger partial charge is 0.444 e. The predicted molar refractivity (Wildman–Crippen MR) is 124 cm³/mol. The summed E-state index contributed by atoms with van der Waals surface area (Å²) < 4.78 is 29.1. The van der Waals surface area contributed by atoms with Crippen molar-refractivity contribution >= 4 is 33.5 Å². The van der Waals surface area contributed by atoms with E-state index in [0.717, 1.165) is 10.8 Å². The molecular formula is C22H32N4O5S. The van der Waals surface area contributed by atoms with Crippen molar-refractivity contribution in [3.05, 3.63) is 36.7 Å². The lowest BCUT2D eigenvalue weighted by Gasteiger charge is -2.43. The number of carbonyl (C=O) groups is 2. The fraction of sp³-hybridized carbons (Fsp3) is 0.500. The van der Waals surface area contributed by atoms with Crippen LogP contribution in [0.2, 0.25) is 0 Å². The van der Waals surface area contributed by atoms with Gasteiger partial charge in [0, 0.05) is 62.3 Å². The highest BCUT2D eigenvalue weighted by Gasteiger charge is 2.30. The second-order valence-corrected chi connectivity index (χ2v) is 10.7. The molecule has 10 heteroatoms. The zero-order chi connectivity index (χ0) is 23.4. The molecule has 0 saturated carbocycles. The van der Waals surface area contributed by atoms with Crippen LogP contribution in [0.25, 0.3) is 10.8 Å². The molecule has 2 aromatic rings. The molecule has 2 amide bonds. The van der Waals surface area contributed by atoms with Crippen LogP contribution in [-0.4, -0.2) is 73.6 Å². The Morgan fingerprint density at radius 2 is 1.94 bits per heavy atom. The summed E-state index contributed by atoms with van der Waals surface area (Å²) in [4.78, 5) is 30.6. The van der Waals surface area contributed by atoms with E-state index < -0.39 is 22.5 Å². The van der Waals surface area contributed by atoms with Crippen molar-refractivity contribution in [3.63, 3.8) is 0 Å². The van der Waals surface area contributed by atoms with Crippen molar-refractivity contribution in [1.29, 1.82) is 0 Å². The Morgan fingerprint density at radius 3 is 2.69 bits per heavy atom. The number of fused-ring (bicyclic) bond motifs is 1. The molecule has 0 spiro atoms. The lowest BCUT2D eigenvalue weighted by atomic mass is 10.2. The topological polar surface area (TPSA) is 115 Å². The molecule has 0 bridgehead atoms. The molecule has 3 rings (SSSR count). The van der Waals surface area contributed by atoms with E-state index in [4.69, 9.17) is 4.74 Å². The minimum Gasteiger partial charge on any atom is -0.444 e. The summed E-state index contributed by atoms with van der Waals surface area (Å²) in [5, 5.41) is 4.20. The molecular weight excluding hydrogens is 432 g/mol. The van der Waals surface area contributed by atoms with Gasteiger partial charge in [0.25, 0.3) is 0 Å². The van der Waals surface area contributed by atoms with Crippen LogP contribution >= 0.6 is 10.8 Å². The van der Waals surface area contributed by atoms with E-state index in [-0.39, 0.29) is 18.9 Å². The van der Waals surface area contributed by atoms with E-state index >= 15 is 0 Å². The van der Waals surface area contributed by atoms with Gasteiger partial charge in [0.05, 0.1) is 4.90 Å². The number of nitrogens with zero attached hydrogens (tertiary/aromatic N) is 3. The number of benzene rings is 1. The van der Waals surface area contributed by atoms with Gasteiger partial charge in [-0.3, -0.25) is 18.9 Å². The summed E-state index contributed by atoms with van der Waals surface area (Å²) in [7, 11) is -3.21. The number of carbonyl (C=O) groups excluding carboxylic acids is 2. The number of alkyl carbamates (subject to hydrolysis) is 1. The Bertz CT molecular complexity index is 957. The average Bonchev–Trinajstić information content (AvgIpc) is 2.99. The Labute approximate surface area is 190 Å². The first-order valence-electron chi connectivity index (χ1n) is 10.7. The smallest absolute Gasteiger partial charge is 0.407 e. The summed E-state index contributed by atoms with van der Waals surface area (Å²) >= 11 is 0. The third kappa shape index (κ3) is 6.10. The summed E-state index contributed by atoms with van der Waals surface area (Å²) in [6.45, 7) is 7.23. The normalized spacial score (nSPS) is 16.5. The fourth-order valence-electron chi connectivity index (χ4n) is 3.61. The number of amides is 2. The SMILES string of the molecule is CC(C)(C)OC(=O)NCCC(=O)N1CCCN(S(O)(O)c2cccc3cnccc23)CC1. The third-order valence-corrected chi connectivity index (χ3v) is 7.14. The molecule has 1 aromatic carbocycles. The van der Waals surface area contributed by atoms with Crippen molar-refractivity contribution < 1.29 is 23.4 Å². The third-order valence-electron chi connectivity index (χ3n) is 5.11. The molecule has 0 unspecified atom stereocenters. The van der Waals surface area contributed by atoms with Gasteiger partial charge in [0.15, 0.2) is 0 Å². The number of hydrogen-bond acceptors (Lipinski definition) is 7. The Balaban J connectivity index is 1.58. The molecule has 2 heterocycles. The Hall–Kier alpha value is -2.40. The van der Waals surface area contributed by atoms with Gasteiger partial charge in [-0.2, -0.15) is 0 Å². The molecule has 32 heavy (non-hydrogen) atoms. The average molecular weight is 465 g/mol. The van der Waals surface area contributed by atoms with Crippen LogP contribution in [0.4, 0.5) is 4.79 Å². The number of nitrogens with one attached hydrogen (secondary N) is 1. The minimum absolute atomic E-state index is 0.0874. The Morgan fingerprint density at radius 1 is 1.16 bits per heavy atom. The van der Waals surface area contributed by atoms with E-state index in [9.17, 15) is 18.7 Å².